The van der Waals surface area contributed by atoms with E-state index in [1.54, 1.807) is 64.8 Å². The summed E-state index contributed by atoms with van der Waals surface area (Å²) < 4.78 is 21.5. The van der Waals surface area contributed by atoms with Crippen LogP contribution in [0.1, 0.15) is 89.6 Å². The van der Waals surface area contributed by atoms with E-state index in [1.807, 2.05) is 26.0 Å². The van der Waals surface area contributed by atoms with Crippen LogP contribution in [-0.4, -0.2) is 61.7 Å². The zero-order chi connectivity index (χ0) is 40.4. The molecule has 2 aliphatic rings. The fourth-order valence-corrected chi connectivity index (χ4v) is 6.10. The lowest BCUT2D eigenvalue weighted by Crippen LogP contribution is -2.25. The third kappa shape index (κ3) is 8.44. The van der Waals surface area contributed by atoms with Gasteiger partial charge in [0.1, 0.15) is 35.9 Å². The van der Waals surface area contributed by atoms with Crippen LogP contribution < -0.4 is 26.8 Å². The molecule has 0 atom stereocenters. The Kier molecular flexibility index (Phi) is 10.7. The van der Waals surface area contributed by atoms with Crippen LogP contribution in [0, 0.1) is 19.7 Å². The first-order valence-electron chi connectivity index (χ1n) is 18.4. The lowest BCUT2D eigenvalue weighted by atomic mass is 10.1. The standard InChI is InChI=1S/C22H22N4O3.C21H19FN4O2/c1-13-6-7-15(22(28)25-16-8-9-16)11-18(13)26-12-24-19(21(26)23)20(27)14-4-3-5-17(10-14)29-2;1-12-2-3-14(21(28)25-16-8-9-16)10-17(12)26-11-24-18(20(26)23)19(27)13-4-6-15(22)7-5-13/h3-7,10-12,16H,8-9,23H2,1-2H3,(H,25,28);2-7,10-11,16H,8-9,23H2,1H3,(H,25,28). The Morgan fingerprint density at radius 1 is 0.649 bits per heavy atom. The van der Waals surface area contributed by atoms with Gasteiger partial charge in [0.05, 0.1) is 18.5 Å². The van der Waals surface area contributed by atoms with E-state index in [9.17, 15) is 23.6 Å². The molecule has 4 aromatic carbocycles. The van der Waals surface area contributed by atoms with Crippen molar-refractivity contribution in [3.8, 4) is 17.1 Å². The first kappa shape index (κ1) is 38.2. The number of nitrogens with zero attached hydrogens (tertiary/aromatic N) is 4. The van der Waals surface area contributed by atoms with Crippen LogP contribution in [0.2, 0.25) is 0 Å². The molecular weight excluding hydrogens is 728 g/mol. The molecule has 8 rings (SSSR count). The molecule has 0 radical (unpaired) electrons. The van der Waals surface area contributed by atoms with Gasteiger partial charge in [-0.05, 0) is 111 Å². The quantitative estimate of drug-likeness (QED) is 0.116. The van der Waals surface area contributed by atoms with Crippen molar-refractivity contribution in [2.45, 2.75) is 51.6 Å². The van der Waals surface area contributed by atoms with Crippen molar-refractivity contribution in [2.24, 2.45) is 0 Å². The molecule has 0 unspecified atom stereocenters. The molecule has 0 spiro atoms. The van der Waals surface area contributed by atoms with Gasteiger partial charge in [-0.1, -0.05) is 24.3 Å². The first-order valence-corrected chi connectivity index (χ1v) is 18.4. The molecule has 290 valence electrons. The number of carbonyl (C=O) groups excluding carboxylic acids is 4. The molecule has 2 heterocycles. The van der Waals surface area contributed by atoms with E-state index in [1.165, 1.54) is 36.9 Å². The van der Waals surface area contributed by atoms with E-state index in [4.69, 9.17) is 16.2 Å². The Labute approximate surface area is 327 Å². The number of ketones is 2. The van der Waals surface area contributed by atoms with Gasteiger partial charge in [0.25, 0.3) is 11.8 Å². The molecule has 2 aromatic heterocycles. The largest absolute Gasteiger partial charge is 0.497 e. The van der Waals surface area contributed by atoms with Crippen molar-refractivity contribution < 1.29 is 28.3 Å². The van der Waals surface area contributed by atoms with Crippen LogP contribution in [0.15, 0.2) is 97.6 Å². The maximum absolute atomic E-state index is 13.1. The van der Waals surface area contributed by atoms with Gasteiger partial charge in [-0.2, -0.15) is 0 Å². The number of anilines is 2. The number of carbonyl (C=O) groups is 4. The first-order chi connectivity index (χ1) is 27.4. The van der Waals surface area contributed by atoms with Crippen molar-refractivity contribution in [3.63, 3.8) is 0 Å². The number of aromatic nitrogens is 4. The van der Waals surface area contributed by atoms with Crippen molar-refractivity contribution in [3.05, 3.63) is 148 Å². The van der Waals surface area contributed by atoms with E-state index < -0.39 is 11.6 Å². The molecule has 57 heavy (non-hydrogen) atoms. The molecule has 2 saturated carbocycles. The number of hydrogen-bond donors (Lipinski definition) is 4. The van der Waals surface area contributed by atoms with Crippen LogP contribution in [-0.2, 0) is 0 Å². The number of imidazole rings is 2. The molecule has 6 N–H and O–H groups in total. The highest BCUT2D eigenvalue weighted by Crippen LogP contribution is 2.27. The molecule has 14 heteroatoms. The van der Waals surface area contributed by atoms with Gasteiger partial charge in [0.15, 0.2) is 11.4 Å². The van der Waals surface area contributed by atoms with E-state index in [2.05, 4.69) is 20.6 Å². The lowest BCUT2D eigenvalue weighted by molar-refractivity contribution is 0.0942. The van der Waals surface area contributed by atoms with Gasteiger partial charge >= 0.3 is 0 Å². The van der Waals surface area contributed by atoms with Crippen molar-refractivity contribution in [1.82, 2.24) is 29.7 Å². The Bertz CT molecular complexity index is 2520. The Morgan fingerprint density at radius 2 is 1.11 bits per heavy atom. The third-order valence-corrected chi connectivity index (χ3v) is 9.76. The number of amides is 2. The van der Waals surface area contributed by atoms with Gasteiger partial charge in [-0.3, -0.25) is 28.3 Å². The highest BCUT2D eigenvalue weighted by Gasteiger charge is 2.26. The molecular formula is C43H41FN8O5. The van der Waals surface area contributed by atoms with Crippen LogP contribution in [0.4, 0.5) is 16.0 Å². The van der Waals surface area contributed by atoms with Gasteiger partial charge in [-0.15, -0.1) is 0 Å². The summed E-state index contributed by atoms with van der Waals surface area (Å²) in [6, 6.07) is 23.3. The minimum Gasteiger partial charge on any atom is -0.497 e. The van der Waals surface area contributed by atoms with Crippen LogP contribution in [0.25, 0.3) is 11.4 Å². The van der Waals surface area contributed by atoms with Gasteiger partial charge in [0.2, 0.25) is 11.6 Å². The molecule has 0 bridgehead atoms. The van der Waals surface area contributed by atoms with Gasteiger partial charge < -0.3 is 26.8 Å². The maximum Gasteiger partial charge on any atom is 0.251 e. The number of rotatable bonds is 11. The summed E-state index contributed by atoms with van der Waals surface area (Å²) in [5.74, 6) is -0.383. The van der Waals surface area contributed by atoms with Crippen LogP contribution in [0.5, 0.6) is 5.75 Å². The average Bonchev–Trinajstić information content (AvgIpc) is 4.15. The Hall–Kier alpha value is -7.09. The Balaban J connectivity index is 0.000000174. The fourth-order valence-electron chi connectivity index (χ4n) is 6.10. The predicted molar refractivity (Wildman–Crippen MR) is 213 cm³/mol. The number of methoxy groups -OCH3 is 1. The number of nitrogen functional groups attached to an aromatic ring is 2. The molecule has 0 aliphatic heterocycles. The van der Waals surface area contributed by atoms with E-state index in [0.29, 0.717) is 39.4 Å². The van der Waals surface area contributed by atoms with Crippen molar-refractivity contribution in [2.75, 3.05) is 18.6 Å². The minimum absolute atomic E-state index is 0.0823. The molecule has 6 aromatic rings. The summed E-state index contributed by atoms with van der Waals surface area (Å²) >= 11 is 0. The zero-order valence-corrected chi connectivity index (χ0v) is 31.6. The second kappa shape index (κ2) is 15.9. The van der Waals surface area contributed by atoms with E-state index in [-0.39, 0.29) is 52.7 Å². The summed E-state index contributed by atoms with van der Waals surface area (Å²) in [4.78, 5) is 58.7. The zero-order valence-electron chi connectivity index (χ0n) is 31.6. The third-order valence-electron chi connectivity index (χ3n) is 9.76. The van der Waals surface area contributed by atoms with Crippen LogP contribution >= 0.6 is 0 Å². The normalized spacial score (nSPS) is 13.3. The van der Waals surface area contributed by atoms with E-state index >= 15 is 0 Å². The smallest absolute Gasteiger partial charge is 0.251 e. The Morgan fingerprint density at radius 3 is 1.56 bits per heavy atom. The highest BCUT2D eigenvalue weighted by atomic mass is 19.1. The average molecular weight is 769 g/mol. The summed E-state index contributed by atoms with van der Waals surface area (Å²) in [5.41, 5.74) is 17.7. The van der Waals surface area contributed by atoms with Crippen molar-refractivity contribution in [1.29, 1.82) is 0 Å². The molecule has 2 aliphatic carbocycles. The minimum atomic E-state index is -0.424. The number of nitrogens with one attached hydrogen (secondary N) is 2. The molecule has 2 fully saturated rings. The number of nitrogens with two attached hydrogens (primary N) is 2. The summed E-state index contributed by atoms with van der Waals surface area (Å²) in [5, 5.41) is 5.93. The number of halogens is 1. The topological polar surface area (TPSA) is 189 Å². The second-order valence-corrected chi connectivity index (χ2v) is 14.1. The second-order valence-electron chi connectivity index (χ2n) is 14.1. The molecule has 2 amide bonds. The highest BCUT2D eigenvalue weighted by molar-refractivity contribution is 6.11. The number of ether oxygens (including phenoxy) is 1. The summed E-state index contributed by atoms with van der Waals surface area (Å²) in [7, 11) is 1.54. The van der Waals surface area contributed by atoms with Gasteiger partial charge in [0, 0.05) is 34.3 Å². The maximum atomic E-state index is 13.1. The summed E-state index contributed by atoms with van der Waals surface area (Å²) in [6.45, 7) is 3.81. The number of aryl methyl sites for hydroxylation is 2. The molecule has 0 saturated heterocycles. The van der Waals surface area contributed by atoms with Crippen LogP contribution in [0.3, 0.4) is 0 Å². The number of benzene rings is 4. The van der Waals surface area contributed by atoms with Gasteiger partial charge in [-0.25, -0.2) is 14.4 Å². The molecule has 13 nitrogen and oxygen atoms in total. The van der Waals surface area contributed by atoms with Crippen molar-refractivity contribution >= 4 is 35.0 Å². The monoisotopic (exact) mass is 768 g/mol. The predicted octanol–water partition coefficient (Wildman–Crippen LogP) is 5.92. The fraction of sp³-hybridized carbons (Fsp3) is 0.209. The summed E-state index contributed by atoms with van der Waals surface area (Å²) in [6.07, 6.45) is 7.02. The number of hydrogen-bond acceptors (Lipinski definition) is 9. The van der Waals surface area contributed by atoms with E-state index in [0.717, 1.165) is 36.8 Å². The lowest BCUT2D eigenvalue weighted by Gasteiger charge is -2.12. The SMILES string of the molecule is COc1cccc(C(=O)c2ncn(-c3cc(C(=O)NC4CC4)ccc3C)c2N)c1.Cc1ccc(C(=O)NC2CC2)cc1-n1cnc(C(=O)c2ccc(F)cc2)c1N.